The van der Waals surface area contributed by atoms with Gasteiger partial charge in [0.15, 0.2) is 0 Å². The predicted octanol–water partition coefficient (Wildman–Crippen LogP) is 0.191. The fourth-order valence-electron chi connectivity index (χ4n) is 2.37. The van der Waals surface area contributed by atoms with Gasteiger partial charge in [0.1, 0.15) is 0 Å². The lowest BCUT2D eigenvalue weighted by molar-refractivity contribution is 0.213. The molecule has 0 aromatic heterocycles. The lowest BCUT2D eigenvalue weighted by atomic mass is 9.98. The smallest absolute Gasteiger partial charge is 0.0504 e. The highest BCUT2D eigenvalue weighted by Crippen LogP contribution is 2.15. The zero-order valence-corrected chi connectivity index (χ0v) is 8.63. The number of nitrogens with one attached hydrogen (secondary N) is 1. The van der Waals surface area contributed by atoms with Gasteiger partial charge in [-0.1, -0.05) is 0 Å². The molecule has 2 saturated heterocycles. The molecule has 0 bridgehead atoms. The second-order valence-corrected chi connectivity index (χ2v) is 4.49. The first-order valence-electron chi connectivity index (χ1n) is 5.46. The van der Waals surface area contributed by atoms with E-state index in [9.17, 15) is 0 Å². The van der Waals surface area contributed by atoms with Crippen LogP contribution < -0.4 is 5.32 Å². The standard InChI is InChI=1S/C10H21N3/c1-12-6-7-13(9-12)8-10-2-4-11-5-3-10/h10-11H,2-9H2,1H3. The Balaban J connectivity index is 1.71. The molecular weight excluding hydrogens is 162 g/mol. The van der Waals surface area contributed by atoms with Crippen LogP contribution in [0.25, 0.3) is 0 Å². The summed E-state index contributed by atoms with van der Waals surface area (Å²) in [6.45, 7) is 7.50. The molecule has 2 rings (SSSR count). The maximum atomic E-state index is 3.42. The van der Waals surface area contributed by atoms with Crippen LogP contribution >= 0.6 is 0 Å². The minimum atomic E-state index is 0.952. The zero-order chi connectivity index (χ0) is 9.10. The summed E-state index contributed by atoms with van der Waals surface area (Å²) in [7, 11) is 2.21. The summed E-state index contributed by atoms with van der Waals surface area (Å²) in [6, 6.07) is 0. The second kappa shape index (κ2) is 4.40. The average molecular weight is 183 g/mol. The molecule has 0 spiro atoms. The lowest BCUT2D eigenvalue weighted by Gasteiger charge is -2.27. The van der Waals surface area contributed by atoms with E-state index in [4.69, 9.17) is 0 Å². The molecule has 1 N–H and O–H groups in total. The van der Waals surface area contributed by atoms with E-state index in [1.807, 2.05) is 0 Å². The molecule has 0 saturated carbocycles. The van der Waals surface area contributed by atoms with Gasteiger partial charge in [0, 0.05) is 19.6 Å². The molecule has 0 atom stereocenters. The van der Waals surface area contributed by atoms with Gasteiger partial charge in [-0.2, -0.15) is 0 Å². The van der Waals surface area contributed by atoms with E-state index in [1.54, 1.807) is 0 Å². The van der Waals surface area contributed by atoms with Crippen molar-refractivity contribution >= 4 is 0 Å². The maximum Gasteiger partial charge on any atom is 0.0504 e. The van der Waals surface area contributed by atoms with Gasteiger partial charge >= 0.3 is 0 Å². The van der Waals surface area contributed by atoms with Crippen LogP contribution in [0.1, 0.15) is 12.8 Å². The van der Waals surface area contributed by atoms with Crippen LogP contribution in [0.15, 0.2) is 0 Å². The molecule has 0 aromatic rings. The van der Waals surface area contributed by atoms with Crippen molar-refractivity contribution in [2.75, 3.05) is 46.4 Å². The SMILES string of the molecule is CN1CCN(CC2CCNCC2)C1. The zero-order valence-electron chi connectivity index (χ0n) is 8.63. The van der Waals surface area contributed by atoms with E-state index >= 15 is 0 Å². The Morgan fingerprint density at radius 3 is 2.62 bits per heavy atom. The van der Waals surface area contributed by atoms with Crippen LogP contribution in [0.2, 0.25) is 0 Å². The molecule has 3 heteroatoms. The van der Waals surface area contributed by atoms with Crippen LogP contribution in [0, 0.1) is 5.92 Å². The molecule has 0 aliphatic carbocycles. The van der Waals surface area contributed by atoms with E-state index < -0.39 is 0 Å². The second-order valence-electron chi connectivity index (χ2n) is 4.49. The van der Waals surface area contributed by atoms with Gasteiger partial charge in [0.2, 0.25) is 0 Å². The highest BCUT2D eigenvalue weighted by atomic mass is 15.4. The predicted molar refractivity (Wildman–Crippen MR) is 54.7 cm³/mol. The van der Waals surface area contributed by atoms with Crippen LogP contribution in [0.3, 0.4) is 0 Å². The van der Waals surface area contributed by atoms with E-state index in [1.165, 1.54) is 52.2 Å². The van der Waals surface area contributed by atoms with Crippen LogP contribution in [-0.2, 0) is 0 Å². The Kier molecular flexibility index (Phi) is 3.19. The third kappa shape index (κ3) is 2.66. The van der Waals surface area contributed by atoms with E-state index in [-0.39, 0.29) is 0 Å². The van der Waals surface area contributed by atoms with E-state index in [2.05, 4.69) is 22.2 Å². The monoisotopic (exact) mass is 183 g/mol. The van der Waals surface area contributed by atoms with Gasteiger partial charge in [-0.3, -0.25) is 9.80 Å². The first-order chi connectivity index (χ1) is 6.34. The number of rotatable bonds is 2. The third-order valence-electron chi connectivity index (χ3n) is 3.21. The fourth-order valence-corrected chi connectivity index (χ4v) is 2.37. The van der Waals surface area contributed by atoms with Gasteiger partial charge in [-0.25, -0.2) is 0 Å². The van der Waals surface area contributed by atoms with Crippen molar-refractivity contribution in [3.05, 3.63) is 0 Å². The number of nitrogens with zero attached hydrogens (tertiary/aromatic N) is 2. The molecule has 3 nitrogen and oxygen atoms in total. The number of hydrogen-bond donors (Lipinski definition) is 1. The normalized spacial score (nSPS) is 28.4. The van der Waals surface area contributed by atoms with Crippen LogP contribution in [0.5, 0.6) is 0 Å². The maximum absolute atomic E-state index is 3.42. The molecule has 2 aliphatic rings. The first-order valence-corrected chi connectivity index (χ1v) is 5.46. The number of piperidine rings is 1. The molecule has 76 valence electrons. The number of likely N-dealkylation sites (N-methyl/N-ethyl adjacent to an activating group) is 1. The summed E-state index contributed by atoms with van der Waals surface area (Å²) in [6.07, 6.45) is 2.75. The van der Waals surface area contributed by atoms with Gasteiger partial charge in [0.05, 0.1) is 6.67 Å². The van der Waals surface area contributed by atoms with Gasteiger partial charge in [0.25, 0.3) is 0 Å². The largest absolute Gasteiger partial charge is 0.317 e. The summed E-state index contributed by atoms with van der Waals surface area (Å²) in [5.74, 6) is 0.952. The Hall–Kier alpha value is -0.120. The van der Waals surface area contributed by atoms with Crippen molar-refractivity contribution in [3.63, 3.8) is 0 Å². The van der Waals surface area contributed by atoms with Crippen molar-refractivity contribution in [1.82, 2.24) is 15.1 Å². The highest BCUT2D eigenvalue weighted by molar-refractivity contribution is 4.75. The molecule has 0 aromatic carbocycles. The van der Waals surface area contributed by atoms with Crippen molar-refractivity contribution < 1.29 is 0 Å². The Morgan fingerprint density at radius 2 is 2.00 bits per heavy atom. The summed E-state index contributed by atoms with van der Waals surface area (Å²) in [5.41, 5.74) is 0. The van der Waals surface area contributed by atoms with Crippen molar-refractivity contribution in [3.8, 4) is 0 Å². The molecule has 2 fully saturated rings. The summed E-state index contributed by atoms with van der Waals surface area (Å²) in [5, 5.41) is 3.42. The van der Waals surface area contributed by atoms with Crippen molar-refractivity contribution in [1.29, 1.82) is 0 Å². The molecule has 0 unspecified atom stereocenters. The van der Waals surface area contributed by atoms with Gasteiger partial charge in [-0.05, 0) is 38.9 Å². The van der Waals surface area contributed by atoms with Crippen molar-refractivity contribution in [2.45, 2.75) is 12.8 Å². The van der Waals surface area contributed by atoms with E-state index in [0.717, 1.165) is 5.92 Å². The molecular formula is C10H21N3. The minimum Gasteiger partial charge on any atom is -0.317 e. The topological polar surface area (TPSA) is 18.5 Å². The highest BCUT2D eigenvalue weighted by Gasteiger charge is 2.21. The van der Waals surface area contributed by atoms with Crippen LogP contribution in [-0.4, -0.2) is 56.2 Å². The minimum absolute atomic E-state index is 0.952. The molecule has 0 amide bonds. The summed E-state index contributed by atoms with van der Waals surface area (Å²) < 4.78 is 0. The Morgan fingerprint density at radius 1 is 1.23 bits per heavy atom. The van der Waals surface area contributed by atoms with Gasteiger partial charge in [-0.15, -0.1) is 0 Å². The third-order valence-corrected chi connectivity index (χ3v) is 3.21. The molecule has 2 heterocycles. The molecule has 13 heavy (non-hydrogen) atoms. The lowest BCUT2D eigenvalue weighted by Crippen LogP contribution is -2.35. The number of hydrogen-bond acceptors (Lipinski definition) is 3. The fraction of sp³-hybridized carbons (Fsp3) is 1.00. The van der Waals surface area contributed by atoms with Gasteiger partial charge < -0.3 is 5.32 Å². The molecule has 0 radical (unpaired) electrons. The Bertz CT molecular complexity index is 151. The summed E-state index contributed by atoms with van der Waals surface area (Å²) >= 11 is 0. The van der Waals surface area contributed by atoms with Crippen LogP contribution in [0.4, 0.5) is 0 Å². The van der Waals surface area contributed by atoms with Crippen molar-refractivity contribution in [2.24, 2.45) is 5.92 Å². The Labute approximate surface area is 81.1 Å². The first kappa shape index (κ1) is 9.44. The summed E-state index contributed by atoms with van der Waals surface area (Å²) in [4.78, 5) is 5.00. The average Bonchev–Trinajstić information content (AvgIpc) is 2.53. The quantitative estimate of drug-likeness (QED) is 0.659. The van der Waals surface area contributed by atoms with E-state index in [0.29, 0.717) is 0 Å². The molecule has 2 aliphatic heterocycles.